The Labute approximate surface area is 104 Å². The lowest BCUT2D eigenvalue weighted by Crippen LogP contribution is -2.48. The Morgan fingerprint density at radius 3 is 3.00 bits per heavy atom. The summed E-state index contributed by atoms with van der Waals surface area (Å²) in [4.78, 5) is 20.4. The number of aliphatic imine (C=N–C) groups is 1. The molecule has 17 heavy (non-hydrogen) atoms. The topological polar surface area (TPSA) is 35.9 Å². The van der Waals surface area contributed by atoms with Crippen LogP contribution in [0.5, 0.6) is 0 Å². The number of carbonyl (C=O) groups excluding carboxylic acids is 1. The third-order valence-electron chi connectivity index (χ3n) is 3.12. The zero-order valence-electron chi connectivity index (χ0n) is 9.64. The fourth-order valence-corrected chi connectivity index (χ4v) is 2.49. The maximum atomic E-state index is 12.3. The molecule has 0 fully saturated rings. The first-order valence-electron chi connectivity index (χ1n) is 5.51. The van der Waals surface area contributed by atoms with E-state index in [0.29, 0.717) is 17.1 Å². The highest BCUT2D eigenvalue weighted by Crippen LogP contribution is 2.32. The third-order valence-corrected chi connectivity index (χ3v) is 3.35. The van der Waals surface area contributed by atoms with Crippen molar-refractivity contribution in [2.75, 3.05) is 18.5 Å². The van der Waals surface area contributed by atoms with Crippen molar-refractivity contribution in [3.05, 3.63) is 28.8 Å². The van der Waals surface area contributed by atoms with Gasteiger partial charge in [-0.3, -0.25) is 9.69 Å². The molecule has 0 aliphatic carbocycles. The number of anilines is 1. The first-order chi connectivity index (χ1) is 8.08. The second kappa shape index (κ2) is 3.47. The van der Waals surface area contributed by atoms with Crippen molar-refractivity contribution >= 4 is 29.2 Å². The molecule has 0 bridgehead atoms. The number of amides is 1. The van der Waals surface area contributed by atoms with Crippen molar-refractivity contribution in [1.29, 1.82) is 0 Å². The van der Waals surface area contributed by atoms with Gasteiger partial charge >= 0.3 is 0 Å². The lowest BCUT2D eigenvalue weighted by atomic mass is 10.1. The molecule has 2 aliphatic heterocycles. The summed E-state index contributed by atoms with van der Waals surface area (Å²) in [6.07, 6.45) is 0. The minimum absolute atomic E-state index is 0.0105. The van der Waals surface area contributed by atoms with Gasteiger partial charge in [0.1, 0.15) is 0 Å². The molecular weight excluding hydrogens is 238 g/mol. The Balaban J connectivity index is 2.17. The van der Waals surface area contributed by atoms with Crippen LogP contribution in [0.1, 0.15) is 17.3 Å². The highest BCUT2D eigenvalue weighted by Gasteiger charge is 2.37. The molecule has 0 saturated heterocycles. The average Bonchev–Trinajstić information content (AvgIpc) is 2.68. The van der Waals surface area contributed by atoms with Gasteiger partial charge in [0.05, 0.1) is 23.8 Å². The molecule has 1 amide bonds. The van der Waals surface area contributed by atoms with E-state index >= 15 is 0 Å². The van der Waals surface area contributed by atoms with Crippen LogP contribution in [0.4, 0.5) is 5.69 Å². The number of carbonyl (C=O) groups is 1. The van der Waals surface area contributed by atoms with Crippen molar-refractivity contribution in [2.45, 2.75) is 13.0 Å². The summed E-state index contributed by atoms with van der Waals surface area (Å²) in [5, 5.41) is 0.582. The normalized spacial score (nSPS) is 22.4. The minimum atomic E-state index is -0.0105. The van der Waals surface area contributed by atoms with Gasteiger partial charge in [0.25, 0.3) is 5.91 Å². The number of nitrogens with zero attached hydrogens (tertiary/aromatic N) is 3. The SMILES string of the molecule is CC1CN2C(=O)c3cc(Cl)ccc3N(C)C2=N1. The molecule has 4 nitrogen and oxygen atoms in total. The van der Waals surface area contributed by atoms with Crippen molar-refractivity contribution in [1.82, 2.24) is 4.90 Å². The van der Waals surface area contributed by atoms with Gasteiger partial charge in [-0.1, -0.05) is 11.6 Å². The number of hydrogen-bond acceptors (Lipinski definition) is 3. The van der Waals surface area contributed by atoms with Crippen LogP contribution in [-0.2, 0) is 0 Å². The quantitative estimate of drug-likeness (QED) is 0.705. The molecule has 1 aromatic carbocycles. The molecule has 2 heterocycles. The molecule has 88 valence electrons. The number of hydrogen-bond donors (Lipinski definition) is 0. The summed E-state index contributed by atoms with van der Waals surface area (Å²) < 4.78 is 0. The number of halogens is 1. The van der Waals surface area contributed by atoms with Crippen LogP contribution in [0.15, 0.2) is 23.2 Å². The van der Waals surface area contributed by atoms with E-state index in [-0.39, 0.29) is 11.9 Å². The van der Waals surface area contributed by atoms with E-state index in [4.69, 9.17) is 11.6 Å². The highest BCUT2D eigenvalue weighted by molar-refractivity contribution is 6.31. The standard InChI is InChI=1S/C12H12ClN3O/c1-7-6-16-11(17)9-5-8(13)3-4-10(9)15(2)12(16)14-7/h3-5,7H,6H2,1-2H3. The lowest BCUT2D eigenvalue weighted by Gasteiger charge is -2.33. The predicted molar refractivity (Wildman–Crippen MR) is 67.8 cm³/mol. The van der Waals surface area contributed by atoms with Gasteiger partial charge in [0.2, 0.25) is 5.96 Å². The van der Waals surface area contributed by atoms with Crippen LogP contribution >= 0.6 is 11.6 Å². The van der Waals surface area contributed by atoms with Crippen LogP contribution in [0.25, 0.3) is 0 Å². The molecule has 1 atom stereocenters. The Morgan fingerprint density at radius 2 is 2.24 bits per heavy atom. The Morgan fingerprint density at radius 1 is 1.47 bits per heavy atom. The predicted octanol–water partition coefficient (Wildman–Crippen LogP) is 1.99. The molecule has 0 spiro atoms. The summed E-state index contributed by atoms with van der Waals surface area (Å²) in [7, 11) is 1.92. The molecule has 0 saturated carbocycles. The Bertz CT molecular complexity index is 541. The summed E-state index contributed by atoms with van der Waals surface area (Å²) in [5.41, 5.74) is 1.51. The van der Waals surface area contributed by atoms with Gasteiger partial charge in [0.15, 0.2) is 0 Å². The van der Waals surface area contributed by atoms with E-state index in [1.807, 2.05) is 24.9 Å². The molecule has 1 aromatic rings. The van der Waals surface area contributed by atoms with E-state index in [2.05, 4.69) is 4.99 Å². The number of fused-ring (bicyclic) bond motifs is 2. The van der Waals surface area contributed by atoms with E-state index in [1.54, 1.807) is 17.0 Å². The number of benzene rings is 1. The largest absolute Gasteiger partial charge is 0.314 e. The fourth-order valence-electron chi connectivity index (χ4n) is 2.32. The molecule has 5 heteroatoms. The second-order valence-electron chi connectivity index (χ2n) is 4.41. The zero-order chi connectivity index (χ0) is 12.2. The van der Waals surface area contributed by atoms with Gasteiger partial charge in [0, 0.05) is 12.1 Å². The van der Waals surface area contributed by atoms with E-state index in [0.717, 1.165) is 11.6 Å². The highest BCUT2D eigenvalue weighted by atomic mass is 35.5. The summed E-state index contributed by atoms with van der Waals surface area (Å²) in [6, 6.07) is 5.52. The van der Waals surface area contributed by atoms with Crippen molar-refractivity contribution < 1.29 is 4.79 Å². The van der Waals surface area contributed by atoms with Crippen LogP contribution in [0.3, 0.4) is 0 Å². The molecule has 3 rings (SSSR count). The van der Waals surface area contributed by atoms with E-state index in [1.165, 1.54) is 0 Å². The number of guanidine groups is 1. The molecule has 0 N–H and O–H groups in total. The summed E-state index contributed by atoms with van der Waals surface area (Å²) in [6.45, 7) is 2.65. The fraction of sp³-hybridized carbons (Fsp3) is 0.333. The van der Waals surface area contributed by atoms with Gasteiger partial charge in [-0.25, -0.2) is 4.99 Å². The Hall–Kier alpha value is -1.55. The van der Waals surface area contributed by atoms with Gasteiger partial charge in [-0.05, 0) is 25.1 Å². The minimum Gasteiger partial charge on any atom is -0.314 e. The van der Waals surface area contributed by atoms with Crippen molar-refractivity contribution in [3.8, 4) is 0 Å². The zero-order valence-corrected chi connectivity index (χ0v) is 10.4. The average molecular weight is 250 g/mol. The van der Waals surface area contributed by atoms with E-state index < -0.39 is 0 Å². The van der Waals surface area contributed by atoms with Crippen molar-refractivity contribution in [2.24, 2.45) is 4.99 Å². The molecule has 2 aliphatic rings. The van der Waals surface area contributed by atoms with Crippen LogP contribution in [-0.4, -0.2) is 36.4 Å². The number of rotatable bonds is 0. The van der Waals surface area contributed by atoms with Gasteiger partial charge in [-0.2, -0.15) is 0 Å². The monoisotopic (exact) mass is 249 g/mol. The Kier molecular flexibility index (Phi) is 2.16. The van der Waals surface area contributed by atoms with Gasteiger partial charge < -0.3 is 4.90 Å². The smallest absolute Gasteiger partial charge is 0.262 e. The third kappa shape index (κ3) is 1.44. The first-order valence-corrected chi connectivity index (χ1v) is 5.88. The maximum Gasteiger partial charge on any atom is 0.262 e. The molecule has 0 aromatic heterocycles. The summed E-state index contributed by atoms with van der Waals surface area (Å²) in [5.74, 6) is 0.723. The molecule has 1 unspecified atom stereocenters. The van der Waals surface area contributed by atoms with Crippen LogP contribution in [0.2, 0.25) is 5.02 Å². The van der Waals surface area contributed by atoms with Crippen molar-refractivity contribution in [3.63, 3.8) is 0 Å². The van der Waals surface area contributed by atoms with Crippen LogP contribution in [0, 0.1) is 0 Å². The van der Waals surface area contributed by atoms with Crippen LogP contribution < -0.4 is 4.90 Å². The van der Waals surface area contributed by atoms with E-state index in [9.17, 15) is 4.79 Å². The lowest BCUT2D eigenvalue weighted by molar-refractivity contribution is 0.0847. The van der Waals surface area contributed by atoms with Gasteiger partial charge in [-0.15, -0.1) is 0 Å². The molecule has 0 radical (unpaired) electrons. The molecular formula is C12H12ClN3O. The first kappa shape index (κ1) is 10.6. The summed E-state index contributed by atoms with van der Waals surface area (Å²) >= 11 is 5.94. The second-order valence-corrected chi connectivity index (χ2v) is 4.85. The maximum absolute atomic E-state index is 12.3.